The molecule has 2 heterocycles. The van der Waals surface area contributed by atoms with Gasteiger partial charge in [-0.2, -0.15) is 15.1 Å². The van der Waals surface area contributed by atoms with Crippen LogP contribution in [0.15, 0.2) is 30.5 Å². The number of fused-ring (bicyclic) bond motifs is 1. The van der Waals surface area contributed by atoms with Crippen molar-refractivity contribution in [3.63, 3.8) is 0 Å². The van der Waals surface area contributed by atoms with Gasteiger partial charge in [0.2, 0.25) is 5.28 Å². The number of aromatic nitrogens is 4. The Kier molecular flexibility index (Phi) is 3.75. The zero-order valence-electron chi connectivity index (χ0n) is 11.9. The molecule has 3 rings (SSSR count). The summed E-state index contributed by atoms with van der Waals surface area (Å²) < 4.78 is 0. The number of halogens is 1. The molecule has 0 fully saturated rings. The highest BCUT2D eigenvalue weighted by Crippen LogP contribution is 2.21. The average Bonchev–Trinajstić information content (AvgIpc) is 2.93. The van der Waals surface area contributed by atoms with Crippen LogP contribution in [0.25, 0.3) is 11.0 Å². The minimum atomic E-state index is 0.199. The van der Waals surface area contributed by atoms with Crippen molar-refractivity contribution in [1.82, 2.24) is 20.2 Å². The second-order valence-electron chi connectivity index (χ2n) is 5.22. The molecule has 21 heavy (non-hydrogen) atoms. The van der Waals surface area contributed by atoms with E-state index < -0.39 is 0 Å². The van der Waals surface area contributed by atoms with Crippen LogP contribution in [0.5, 0.6) is 0 Å². The van der Waals surface area contributed by atoms with Gasteiger partial charge in [-0.3, -0.25) is 5.10 Å². The van der Waals surface area contributed by atoms with Gasteiger partial charge in [0.05, 0.1) is 11.6 Å². The molecular weight excluding hydrogens is 286 g/mol. The first-order valence-electron chi connectivity index (χ1n) is 6.83. The van der Waals surface area contributed by atoms with E-state index in [0.29, 0.717) is 23.9 Å². The number of aromatic amines is 1. The average molecular weight is 302 g/mol. The zero-order valence-corrected chi connectivity index (χ0v) is 12.6. The highest BCUT2D eigenvalue weighted by molar-refractivity contribution is 6.28. The number of rotatable bonds is 4. The van der Waals surface area contributed by atoms with Crippen LogP contribution in [0.1, 0.15) is 30.9 Å². The van der Waals surface area contributed by atoms with Gasteiger partial charge in [0.15, 0.2) is 5.65 Å². The highest BCUT2D eigenvalue weighted by atomic mass is 35.5. The van der Waals surface area contributed by atoms with E-state index in [4.69, 9.17) is 11.6 Å². The van der Waals surface area contributed by atoms with Crippen LogP contribution in [-0.4, -0.2) is 20.2 Å². The van der Waals surface area contributed by atoms with E-state index in [9.17, 15) is 0 Å². The smallest absolute Gasteiger partial charge is 0.226 e. The summed E-state index contributed by atoms with van der Waals surface area (Å²) in [7, 11) is 0. The summed E-state index contributed by atoms with van der Waals surface area (Å²) in [4.78, 5) is 8.30. The van der Waals surface area contributed by atoms with Gasteiger partial charge in [0.25, 0.3) is 0 Å². The summed E-state index contributed by atoms with van der Waals surface area (Å²) in [6.07, 6.45) is 1.69. The van der Waals surface area contributed by atoms with Crippen molar-refractivity contribution in [2.75, 3.05) is 5.32 Å². The zero-order chi connectivity index (χ0) is 14.8. The van der Waals surface area contributed by atoms with Crippen LogP contribution < -0.4 is 5.32 Å². The van der Waals surface area contributed by atoms with E-state index in [1.54, 1.807) is 6.20 Å². The SMILES string of the molecule is CC(C)c1ccc(CNc2nc(Cl)nc3[nH]ncc23)cc1. The lowest BCUT2D eigenvalue weighted by atomic mass is 10.0. The fraction of sp³-hybridized carbons (Fsp3) is 0.267. The Labute approximate surface area is 127 Å². The predicted molar refractivity (Wildman–Crippen MR) is 84.6 cm³/mol. The summed E-state index contributed by atoms with van der Waals surface area (Å²) >= 11 is 5.91. The van der Waals surface area contributed by atoms with Gasteiger partial charge >= 0.3 is 0 Å². The molecule has 108 valence electrons. The monoisotopic (exact) mass is 301 g/mol. The molecule has 3 aromatic rings. The van der Waals surface area contributed by atoms with E-state index in [-0.39, 0.29) is 5.28 Å². The molecule has 0 radical (unpaired) electrons. The second-order valence-corrected chi connectivity index (χ2v) is 5.56. The maximum Gasteiger partial charge on any atom is 0.226 e. The predicted octanol–water partition coefficient (Wildman–Crippen LogP) is 3.74. The lowest BCUT2D eigenvalue weighted by Gasteiger charge is -2.09. The second kappa shape index (κ2) is 5.69. The van der Waals surface area contributed by atoms with Crippen LogP contribution in [0.3, 0.4) is 0 Å². The molecule has 0 aliphatic heterocycles. The maximum absolute atomic E-state index is 5.91. The fourth-order valence-electron chi connectivity index (χ4n) is 2.15. The van der Waals surface area contributed by atoms with Crippen molar-refractivity contribution < 1.29 is 0 Å². The first-order valence-corrected chi connectivity index (χ1v) is 7.20. The normalized spacial score (nSPS) is 11.2. The van der Waals surface area contributed by atoms with Crippen LogP contribution in [0, 0.1) is 0 Å². The summed E-state index contributed by atoms with van der Waals surface area (Å²) in [5.41, 5.74) is 3.15. The summed E-state index contributed by atoms with van der Waals surface area (Å²) in [5, 5.41) is 11.1. The number of hydrogen-bond donors (Lipinski definition) is 2. The Morgan fingerprint density at radius 1 is 1.19 bits per heavy atom. The molecule has 6 heteroatoms. The Morgan fingerprint density at radius 2 is 1.95 bits per heavy atom. The van der Waals surface area contributed by atoms with Gasteiger partial charge in [-0.1, -0.05) is 38.1 Å². The number of hydrogen-bond acceptors (Lipinski definition) is 4. The third-order valence-corrected chi connectivity index (χ3v) is 3.56. The van der Waals surface area contributed by atoms with Crippen molar-refractivity contribution in [2.24, 2.45) is 0 Å². The molecule has 0 atom stereocenters. The Morgan fingerprint density at radius 3 is 2.67 bits per heavy atom. The Bertz CT molecular complexity index is 748. The highest BCUT2D eigenvalue weighted by Gasteiger charge is 2.08. The van der Waals surface area contributed by atoms with Crippen molar-refractivity contribution in [2.45, 2.75) is 26.3 Å². The van der Waals surface area contributed by atoms with Gasteiger partial charge in [-0.15, -0.1) is 0 Å². The van der Waals surface area contributed by atoms with Gasteiger partial charge in [-0.25, -0.2) is 0 Å². The molecule has 0 saturated heterocycles. The van der Waals surface area contributed by atoms with Crippen molar-refractivity contribution >= 4 is 28.5 Å². The van der Waals surface area contributed by atoms with Crippen LogP contribution in [0.2, 0.25) is 5.28 Å². The van der Waals surface area contributed by atoms with E-state index in [1.165, 1.54) is 11.1 Å². The minimum absolute atomic E-state index is 0.199. The van der Waals surface area contributed by atoms with Gasteiger partial charge in [-0.05, 0) is 28.6 Å². The van der Waals surface area contributed by atoms with Crippen molar-refractivity contribution in [1.29, 1.82) is 0 Å². The van der Waals surface area contributed by atoms with E-state index in [1.807, 2.05) is 0 Å². The molecule has 2 aromatic heterocycles. The molecule has 0 aliphatic rings. The van der Waals surface area contributed by atoms with Gasteiger partial charge in [0.1, 0.15) is 5.82 Å². The van der Waals surface area contributed by atoms with Crippen LogP contribution in [0.4, 0.5) is 5.82 Å². The van der Waals surface area contributed by atoms with E-state index in [2.05, 4.69) is 63.6 Å². The van der Waals surface area contributed by atoms with E-state index >= 15 is 0 Å². The summed E-state index contributed by atoms with van der Waals surface area (Å²) in [5.74, 6) is 1.23. The van der Waals surface area contributed by atoms with Crippen molar-refractivity contribution in [3.05, 3.63) is 46.9 Å². The quantitative estimate of drug-likeness (QED) is 0.720. The molecule has 0 unspecified atom stereocenters. The standard InChI is InChI=1S/C15H16ClN5/c1-9(2)11-5-3-10(4-6-11)7-17-13-12-8-18-21-14(12)20-15(16)19-13/h3-6,8-9H,7H2,1-2H3,(H2,17,18,19,20,21). The molecule has 5 nitrogen and oxygen atoms in total. The largest absolute Gasteiger partial charge is 0.365 e. The lowest BCUT2D eigenvalue weighted by Crippen LogP contribution is -2.03. The molecule has 0 spiro atoms. The lowest BCUT2D eigenvalue weighted by molar-refractivity contribution is 0.865. The topological polar surface area (TPSA) is 66.5 Å². The number of H-pyrrole nitrogens is 1. The number of nitrogens with one attached hydrogen (secondary N) is 2. The molecule has 2 N–H and O–H groups in total. The van der Waals surface area contributed by atoms with Crippen LogP contribution in [-0.2, 0) is 6.54 Å². The number of benzene rings is 1. The van der Waals surface area contributed by atoms with Gasteiger partial charge < -0.3 is 5.32 Å². The first kappa shape index (κ1) is 13.8. The first-order chi connectivity index (χ1) is 10.1. The maximum atomic E-state index is 5.91. The fourth-order valence-corrected chi connectivity index (χ4v) is 2.32. The summed E-state index contributed by atoms with van der Waals surface area (Å²) in [6, 6.07) is 8.56. The minimum Gasteiger partial charge on any atom is -0.365 e. The molecule has 0 amide bonds. The summed E-state index contributed by atoms with van der Waals surface area (Å²) in [6.45, 7) is 5.05. The number of nitrogens with zero attached hydrogens (tertiary/aromatic N) is 3. The molecular formula is C15H16ClN5. The third kappa shape index (κ3) is 2.97. The third-order valence-electron chi connectivity index (χ3n) is 3.39. The molecule has 1 aromatic carbocycles. The van der Waals surface area contributed by atoms with Crippen molar-refractivity contribution in [3.8, 4) is 0 Å². The van der Waals surface area contributed by atoms with Crippen LogP contribution >= 0.6 is 11.6 Å². The Balaban J connectivity index is 1.78. The Hall–Kier alpha value is -2.14. The molecule has 0 bridgehead atoms. The van der Waals surface area contributed by atoms with Gasteiger partial charge in [0, 0.05) is 6.54 Å². The molecule has 0 aliphatic carbocycles. The molecule has 0 saturated carbocycles. The van der Waals surface area contributed by atoms with E-state index in [0.717, 1.165) is 5.39 Å². The number of anilines is 1.